The molecule has 1 aliphatic rings. The third-order valence-electron chi connectivity index (χ3n) is 4.01. The third-order valence-corrected chi connectivity index (χ3v) is 4.01. The van der Waals surface area contributed by atoms with Crippen LogP contribution in [0.4, 0.5) is 4.39 Å². The topological polar surface area (TPSA) is 46.3 Å². The molecule has 3 nitrogen and oxygen atoms in total. The first-order chi connectivity index (χ1) is 9.08. The summed E-state index contributed by atoms with van der Waals surface area (Å²) in [7, 11) is 2.01. The Kier molecular flexibility index (Phi) is 4.53. The standard InChI is InChI=1S/C15H21FN2O/c1-18(10-11-6-8-12(16)9-7-11)14-5-3-2-4-13(14)15(17)19/h6-9,13-14H,2-5,10H2,1H3,(H2,17,19). The number of carbonyl (C=O) groups is 1. The highest BCUT2D eigenvalue weighted by Gasteiger charge is 2.31. The summed E-state index contributed by atoms with van der Waals surface area (Å²) >= 11 is 0. The van der Waals surface area contributed by atoms with Crippen molar-refractivity contribution in [3.8, 4) is 0 Å². The van der Waals surface area contributed by atoms with Crippen molar-refractivity contribution in [3.63, 3.8) is 0 Å². The van der Waals surface area contributed by atoms with Crippen molar-refractivity contribution in [1.82, 2.24) is 4.90 Å². The highest BCUT2D eigenvalue weighted by molar-refractivity contribution is 5.77. The minimum absolute atomic E-state index is 0.0563. The minimum atomic E-state index is -0.223. The van der Waals surface area contributed by atoms with Crippen molar-refractivity contribution in [2.75, 3.05) is 7.05 Å². The molecule has 0 spiro atoms. The van der Waals surface area contributed by atoms with Crippen LogP contribution in [0.1, 0.15) is 31.2 Å². The maximum Gasteiger partial charge on any atom is 0.222 e. The zero-order valence-corrected chi connectivity index (χ0v) is 11.3. The van der Waals surface area contributed by atoms with Gasteiger partial charge in [-0.05, 0) is 37.6 Å². The van der Waals surface area contributed by atoms with E-state index < -0.39 is 0 Å². The van der Waals surface area contributed by atoms with Gasteiger partial charge in [-0.1, -0.05) is 25.0 Å². The van der Waals surface area contributed by atoms with Crippen molar-refractivity contribution in [2.45, 2.75) is 38.3 Å². The van der Waals surface area contributed by atoms with Crippen molar-refractivity contribution >= 4 is 5.91 Å². The number of nitrogens with zero attached hydrogens (tertiary/aromatic N) is 1. The van der Waals surface area contributed by atoms with Crippen molar-refractivity contribution in [3.05, 3.63) is 35.6 Å². The van der Waals surface area contributed by atoms with E-state index in [9.17, 15) is 9.18 Å². The number of rotatable bonds is 4. The van der Waals surface area contributed by atoms with Gasteiger partial charge in [-0.2, -0.15) is 0 Å². The summed E-state index contributed by atoms with van der Waals surface area (Å²) in [6.07, 6.45) is 4.11. The Morgan fingerprint density at radius 3 is 2.58 bits per heavy atom. The fourth-order valence-corrected chi connectivity index (χ4v) is 2.97. The number of halogens is 1. The van der Waals surface area contributed by atoms with Crippen molar-refractivity contribution in [2.24, 2.45) is 11.7 Å². The molecule has 1 saturated carbocycles. The molecule has 2 unspecified atom stereocenters. The molecule has 1 amide bonds. The van der Waals surface area contributed by atoms with Crippen LogP contribution in [0, 0.1) is 11.7 Å². The van der Waals surface area contributed by atoms with E-state index in [0.29, 0.717) is 6.54 Å². The number of carbonyl (C=O) groups excluding carboxylic acids is 1. The van der Waals surface area contributed by atoms with Crippen LogP contribution < -0.4 is 5.73 Å². The predicted octanol–water partition coefficient (Wildman–Crippen LogP) is 2.30. The Labute approximate surface area is 113 Å². The quantitative estimate of drug-likeness (QED) is 0.907. The molecule has 0 saturated heterocycles. The SMILES string of the molecule is CN(Cc1ccc(F)cc1)C1CCCCC1C(N)=O. The van der Waals surface area contributed by atoms with Crippen molar-refractivity contribution in [1.29, 1.82) is 0 Å². The van der Waals surface area contributed by atoms with Crippen LogP contribution in [-0.4, -0.2) is 23.9 Å². The predicted molar refractivity (Wildman–Crippen MR) is 72.8 cm³/mol. The summed E-state index contributed by atoms with van der Waals surface area (Å²) in [6.45, 7) is 0.717. The van der Waals surface area contributed by atoms with Crippen LogP contribution in [0.2, 0.25) is 0 Å². The van der Waals surface area contributed by atoms with E-state index in [0.717, 1.165) is 31.2 Å². The Balaban J connectivity index is 2.03. The second-order valence-electron chi connectivity index (χ2n) is 5.40. The van der Waals surface area contributed by atoms with E-state index in [2.05, 4.69) is 4.90 Å². The molecule has 1 aromatic rings. The van der Waals surface area contributed by atoms with Gasteiger partial charge in [-0.15, -0.1) is 0 Å². The molecule has 2 rings (SSSR count). The molecule has 1 fully saturated rings. The van der Waals surface area contributed by atoms with Gasteiger partial charge in [0.15, 0.2) is 0 Å². The van der Waals surface area contributed by atoms with Gasteiger partial charge in [0.05, 0.1) is 5.92 Å². The highest BCUT2D eigenvalue weighted by Crippen LogP contribution is 2.28. The van der Waals surface area contributed by atoms with Crippen LogP contribution >= 0.6 is 0 Å². The molecular weight excluding hydrogens is 243 g/mol. The molecule has 0 radical (unpaired) electrons. The van der Waals surface area contributed by atoms with Crippen LogP contribution in [0.3, 0.4) is 0 Å². The summed E-state index contributed by atoms with van der Waals surface area (Å²) in [6, 6.07) is 6.71. The highest BCUT2D eigenvalue weighted by atomic mass is 19.1. The third kappa shape index (κ3) is 3.53. The fraction of sp³-hybridized carbons (Fsp3) is 0.533. The maximum absolute atomic E-state index is 12.9. The Morgan fingerprint density at radius 2 is 1.95 bits per heavy atom. The average molecular weight is 264 g/mol. The van der Waals surface area contributed by atoms with Gasteiger partial charge < -0.3 is 5.73 Å². The normalized spacial score (nSPS) is 23.5. The molecule has 1 aromatic carbocycles. The molecule has 2 N–H and O–H groups in total. The monoisotopic (exact) mass is 264 g/mol. The van der Waals surface area contributed by atoms with E-state index >= 15 is 0 Å². The number of nitrogens with two attached hydrogens (primary N) is 1. The molecule has 0 aromatic heterocycles. The van der Waals surface area contributed by atoms with Crippen LogP contribution in [0.25, 0.3) is 0 Å². The van der Waals surface area contributed by atoms with Gasteiger partial charge in [0.25, 0.3) is 0 Å². The lowest BCUT2D eigenvalue weighted by atomic mass is 9.83. The number of amides is 1. The summed E-state index contributed by atoms with van der Waals surface area (Å²) in [5.41, 5.74) is 6.55. The lowest BCUT2D eigenvalue weighted by Gasteiger charge is -2.36. The van der Waals surface area contributed by atoms with E-state index in [4.69, 9.17) is 5.73 Å². The van der Waals surface area contributed by atoms with E-state index in [-0.39, 0.29) is 23.7 Å². The van der Waals surface area contributed by atoms with Gasteiger partial charge in [-0.25, -0.2) is 4.39 Å². The molecule has 0 aliphatic heterocycles. The molecule has 104 valence electrons. The van der Waals surface area contributed by atoms with Gasteiger partial charge >= 0.3 is 0 Å². The van der Waals surface area contributed by atoms with E-state index in [1.54, 1.807) is 12.1 Å². The zero-order valence-electron chi connectivity index (χ0n) is 11.3. The molecule has 0 heterocycles. The summed E-state index contributed by atoms with van der Waals surface area (Å²) in [5, 5.41) is 0. The Hall–Kier alpha value is -1.42. The van der Waals surface area contributed by atoms with Crippen LogP contribution in [-0.2, 0) is 11.3 Å². The smallest absolute Gasteiger partial charge is 0.222 e. The summed E-state index contributed by atoms with van der Waals surface area (Å²) in [5.74, 6) is -0.478. The average Bonchev–Trinajstić information content (AvgIpc) is 2.41. The summed E-state index contributed by atoms with van der Waals surface area (Å²) < 4.78 is 12.9. The van der Waals surface area contributed by atoms with Gasteiger partial charge in [0.1, 0.15) is 5.82 Å². The van der Waals surface area contributed by atoms with Gasteiger partial charge in [0.2, 0.25) is 5.91 Å². The second-order valence-corrected chi connectivity index (χ2v) is 5.40. The van der Waals surface area contributed by atoms with Gasteiger partial charge in [0, 0.05) is 12.6 Å². The first-order valence-corrected chi connectivity index (χ1v) is 6.82. The van der Waals surface area contributed by atoms with E-state index in [1.165, 1.54) is 12.1 Å². The number of primary amides is 1. The lowest BCUT2D eigenvalue weighted by molar-refractivity contribution is -0.125. The van der Waals surface area contributed by atoms with E-state index in [1.807, 2.05) is 7.05 Å². The molecule has 1 aliphatic carbocycles. The van der Waals surface area contributed by atoms with Crippen molar-refractivity contribution < 1.29 is 9.18 Å². The lowest BCUT2D eigenvalue weighted by Crippen LogP contribution is -2.45. The van der Waals surface area contributed by atoms with Crippen LogP contribution in [0.15, 0.2) is 24.3 Å². The number of hydrogen-bond donors (Lipinski definition) is 1. The molecular formula is C15H21FN2O. The Morgan fingerprint density at radius 1 is 1.32 bits per heavy atom. The number of benzene rings is 1. The molecule has 2 atom stereocenters. The molecule has 0 bridgehead atoms. The largest absolute Gasteiger partial charge is 0.369 e. The zero-order chi connectivity index (χ0) is 13.8. The first kappa shape index (κ1) is 14.0. The van der Waals surface area contributed by atoms with Crippen LogP contribution in [0.5, 0.6) is 0 Å². The molecule has 4 heteroatoms. The minimum Gasteiger partial charge on any atom is -0.369 e. The first-order valence-electron chi connectivity index (χ1n) is 6.82. The maximum atomic E-state index is 12.9. The van der Waals surface area contributed by atoms with Gasteiger partial charge in [-0.3, -0.25) is 9.69 Å². The fourth-order valence-electron chi connectivity index (χ4n) is 2.97. The Bertz CT molecular complexity index is 432. The summed E-state index contributed by atoms with van der Waals surface area (Å²) in [4.78, 5) is 13.7. The second kappa shape index (κ2) is 6.15. The molecule has 19 heavy (non-hydrogen) atoms. The number of hydrogen-bond acceptors (Lipinski definition) is 2.